The molecule has 0 aliphatic carbocycles. The number of aromatic nitrogens is 1. The van der Waals surface area contributed by atoms with Gasteiger partial charge in [-0.1, -0.05) is 6.92 Å². The second-order valence-corrected chi connectivity index (χ2v) is 5.09. The molecule has 1 aromatic heterocycles. The van der Waals surface area contributed by atoms with E-state index < -0.39 is 5.97 Å². The van der Waals surface area contributed by atoms with Crippen molar-refractivity contribution in [2.24, 2.45) is 0 Å². The average molecular weight is 286 g/mol. The molecule has 0 radical (unpaired) electrons. The number of nitrogens with zero attached hydrogens (tertiary/aromatic N) is 2. The van der Waals surface area contributed by atoms with Crippen molar-refractivity contribution in [2.75, 3.05) is 13.7 Å². The highest BCUT2D eigenvalue weighted by Gasteiger charge is 2.24. The van der Waals surface area contributed by atoms with Crippen LogP contribution in [0.25, 0.3) is 0 Å². The summed E-state index contributed by atoms with van der Waals surface area (Å²) in [6.07, 6.45) is 0.689. The third kappa shape index (κ3) is 4.29. The van der Waals surface area contributed by atoms with Crippen molar-refractivity contribution in [2.45, 2.75) is 32.9 Å². The number of amides is 1. The van der Waals surface area contributed by atoms with Gasteiger partial charge in [-0.15, -0.1) is 11.3 Å². The number of hydrogen-bond acceptors (Lipinski definition) is 5. The van der Waals surface area contributed by atoms with E-state index in [1.807, 2.05) is 13.8 Å². The van der Waals surface area contributed by atoms with Crippen LogP contribution in [0.3, 0.4) is 0 Å². The van der Waals surface area contributed by atoms with Crippen LogP contribution >= 0.6 is 11.3 Å². The Hall–Kier alpha value is -1.47. The molecule has 6 nitrogen and oxygen atoms in total. The maximum atomic E-state index is 12.3. The Morgan fingerprint density at radius 3 is 2.79 bits per heavy atom. The van der Waals surface area contributed by atoms with Gasteiger partial charge in [-0.25, -0.2) is 4.98 Å². The monoisotopic (exact) mass is 286 g/mol. The highest BCUT2D eigenvalue weighted by molar-refractivity contribution is 7.09. The Kier molecular flexibility index (Phi) is 5.91. The number of aliphatic carboxylic acids is 1. The molecule has 0 fully saturated rings. The number of carbonyl (C=O) groups is 2. The highest BCUT2D eigenvalue weighted by Crippen LogP contribution is 2.15. The number of ether oxygens (including phenoxy) is 1. The van der Waals surface area contributed by atoms with E-state index in [9.17, 15) is 9.59 Å². The number of rotatable bonds is 7. The van der Waals surface area contributed by atoms with Crippen molar-refractivity contribution >= 4 is 23.2 Å². The molecule has 0 saturated carbocycles. The fourth-order valence-corrected chi connectivity index (χ4v) is 2.28. The molecule has 19 heavy (non-hydrogen) atoms. The van der Waals surface area contributed by atoms with Gasteiger partial charge < -0.3 is 14.7 Å². The molecular weight excluding hydrogens is 268 g/mol. The summed E-state index contributed by atoms with van der Waals surface area (Å²) in [7, 11) is 1.55. The van der Waals surface area contributed by atoms with E-state index in [2.05, 4.69) is 4.98 Å². The van der Waals surface area contributed by atoms with Crippen molar-refractivity contribution in [3.63, 3.8) is 0 Å². The van der Waals surface area contributed by atoms with E-state index >= 15 is 0 Å². The van der Waals surface area contributed by atoms with E-state index in [-0.39, 0.29) is 24.2 Å². The summed E-state index contributed by atoms with van der Waals surface area (Å²) < 4.78 is 4.94. The Balaban J connectivity index is 2.87. The van der Waals surface area contributed by atoms with Crippen LogP contribution in [0.15, 0.2) is 5.38 Å². The molecule has 0 aromatic carbocycles. The van der Waals surface area contributed by atoms with Crippen molar-refractivity contribution in [1.29, 1.82) is 0 Å². The van der Waals surface area contributed by atoms with Gasteiger partial charge in [-0.2, -0.15) is 0 Å². The first-order valence-corrected chi connectivity index (χ1v) is 6.83. The van der Waals surface area contributed by atoms with Crippen LogP contribution in [0.5, 0.6) is 0 Å². The molecule has 1 heterocycles. The normalized spacial score (nSPS) is 12.2. The Labute approximate surface area is 116 Å². The Morgan fingerprint density at radius 2 is 2.26 bits per heavy atom. The van der Waals surface area contributed by atoms with Crippen LogP contribution in [-0.4, -0.2) is 46.6 Å². The maximum absolute atomic E-state index is 12.3. The lowest BCUT2D eigenvalue weighted by Crippen LogP contribution is -2.42. The van der Waals surface area contributed by atoms with Crippen LogP contribution in [0.2, 0.25) is 0 Å². The third-order valence-electron chi connectivity index (χ3n) is 2.73. The number of methoxy groups -OCH3 is 1. The van der Waals surface area contributed by atoms with Crippen LogP contribution in [-0.2, 0) is 16.1 Å². The minimum Gasteiger partial charge on any atom is -0.480 e. The lowest BCUT2D eigenvalue weighted by Gasteiger charge is -2.26. The molecule has 1 atom stereocenters. The van der Waals surface area contributed by atoms with Gasteiger partial charge in [0.2, 0.25) is 0 Å². The number of hydrogen-bond donors (Lipinski definition) is 1. The first-order chi connectivity index (χ1) is 8.99. The van der Waals surface area contributed by atoms with Crippen molar-refractivity contribution in [3.05, 3.63) is 16.1 Å². The standard InChI is InChI=1S/C12H18N2O4S/c1-4-8(2)14(5-11(15)16)12(17)9-7-19-10(13-9)6-18-3/h7-8H,4-6H2,1-3H3,(H,15,16). The fraction of sp³-hybridized carbons (Fsp3) is 0.583. The zero-order valence-electron chi connectivity index (χ0n) is 11.3. The topological polar surface area (TPSA) is 79.7 Å². The van der Waals surface area contributed by atoms with Crippen LogP contribution in [0.1, 0.15) is 35.8 Å². The van der Waals surface area contributed by atoms with Crippen LogP contribution in [0.4, 0.5) is 0 Å². The maximum Gasteiger partial charge on any atom is 0.323 e. The molecule has 1 unspecified atom stereocenters. The quantitative estimate of drug-likeness (QED) is 0.823. The Morgan fingerprint density at radius 1 is 1.58 bits per heavy atom. The molecule has 1 N–H and O–H groups in total. The molecule has 0 spiro atoms. The summed E-state index contributed by atoms with van der Waals surface area (Å²) in [6.45, 7) is 3.76. The van der Waals surface area contributed by atoms with Crippen LogP contribution < -0.4 is 0 Å². The number of carboxylic acid groups (broad SMARTS) is 1. The summed E-state index contributed by atoms with van der Waals surface area (Å²) >= 11 is 1.33. The summed E-state index contributed by atoms with van der Waals surface area (Å²) in [5.41, 5.74) is 0.276. The van der Waals surface area contributed by atoms with Crippen molar-refractivity contribution < 1.29 is 19.4 Å². The fourth-order valence-electron chi connectivity index (χ4n) is 1.54. The predicted octanol–water partition coefficient (Wildman–Crippen LogP) is 1.61. The van der Waals surface area contributed by atoms with E-state index in [1.165, 1.54) is 16.2 Å². The number of carboxylic acids is 1. The van der Waals surface area contributed by atoms with Crippen molar-refractivity contribution in [1.82, 2.24) is 9.88 Å². The Bertz CT molecular complexity index is 447. The zero-order valence-corrected chi connectivity index (χ0v) is 12.1. The average Bonchev–Trinajstić information content (AvgIpc) is 2.83. The van der Waals surface area contributed by atoms with E-state index in [0.29, 0.717) is 18.0 Å². The molecular formula is C12H18N2O4S. The van der Waals surface area contributed by atoms with E-state index in [4.69, 9.17) is 9.84 Å². The zero-order chi connectivity index (χ0) is 14.4. The molecule has 1 rings (SSSR count). The third-order valence-corrected chi connectivity index (χ3v) is 3.55. The summed E-state index contributed by atoms with van der Waals surface area (Å²) in [6, 6.07) is -0.142. The number of thiazole rings is 1. The van der Waals surface area contributed by atoms with E-state index in [0.717, 1.165) is 0 Å². The van der Waals surface area contributed by atoms with Gasteiger partial charge in [0.25, 0.3) is 5.91 Å². The molecule has 0 saturated heterocycles. The van der Waals surface area contributed by atoms with Gasteiger partial charge in [-0.3, -0.25) is 9.59 Å². The molecule has 1 aromatic rings. The van der Waals surface area contributed by atoms with Crippen molar-refractivity contribution in [3.8, 4) is 0 Å². The molecule has 106 valence electrons. The lowest BCUT2D eigenvalue weighted by molar-refractivity contribution is -0.138. The summed E-state index contributed by atoms with van der Waals surface area (Å²) in [4.78, 5) is 28.6. The van der Waals surface area contributed by atoms with Gasteiger partial charge in [0.15, 0.2) is 0 Å². The lowest BCUT2D eigenvalue weighted by atomic mass is 10.2. The highest BCUT2D eigenvalue weighted by atomic mass is 32.1. The molecule has 0 aliphatic heterocycles. The van der Waals surface area contributed by atoms with Gasteiger partial charge in [0.1, 0.15) is 17.2 Å². The van der Waals surface area contributed by atoms with Gasteiger partial charge in [0.05, 0.1) is 6.61 Å². The van der Waals surface area contributed by atoms with E-state index in [1.54, 1.807) is 12.5 Å². The first-order valence-electron chi connectivity index (χ1n) is 5.95. The van der Waals surface area contributed by atoms with Gasteiger partial charge >= 0.3 is 5.97 Å². The predicted molar refractivity (Wildman–Crippen MR) is 71.3 cm³/mol. The molecule has 0 aliphatic rings. The first kappa shape index (κ1) is 15.6. The molecule has 1 amide bonds. The smallest absolute Gasteiger partial charge is 0.323 e. The molecule has 0 bridgehead atoms. The SMILES string of the molecule is CCC(C)N(CC(=O)O)C(=O)c1csc(COC)n1. The minimum absolute atomic E-state index is 0.142. The largest absolute Gasteiger partial charge is 0.480 e. The second-order valence-electron chi connectivity index (χ2n) is 4.14. The summed E-state index contributed by atoms with van der Waals surface area (Å²) in [5.74, 6) is -1.38. The van der Waals surface area contributed by atoms with Crippen LogP contribution in [0, 0.1) is 0 Å². The van der Waals surface area contributed by atoms with Gasteiger partial charge in [0, 0.05) is 18.5 Å². The minimum atomic E-state index is -1.03. The second kappa shape index (κ2) is 7.20. The number of carbonyl (C=O) groups excluding carboxylic acids is 1. The summed E-state index contributed by atoms with van der Waals surface area (Å²) in [5, 5.41) is 11.2. The molecule has 7 heteroatoms. The van der Waals surface area contributed by atoms with Gasteiger partial charge in [-0.05, 0) is 13.3 Å².